The number of nitrogens with one attached hydrogen (secondary N) is 1. The van der Waals surface area contributed by atoms with Gasteiger partial charge in [-0.25, -0.2) is 9.97 Å². The molecule has 0 radical (unpaired) electrons. The Hall–Kier alpha value is -2.63. The van der Waals surface area contributed by atoms with Crippen LogP contribution >= 0.6 is 0 Å². The van der Waals surface area contributed by atoms with E-state index in [4.69, 9.17) is 0 Å². The second-order valence-corrected chi connectivity index (χ2v) is 6.16. The molecule has 1 fully saturated rings. The fourth-order valence-corrected chi connectivity index (χ4v) is 2.86. The highest BCUT2D eigenvalue weighted by Crippen LogP contribution is 2.24. The van der Waals surface area contributed by atoms with Crippen LogP contribution in [0.5, 0.6) is 0 Å². The zero-order valence-corrected chi connectivity index (χ0v) is 14.4. The Labute approximate surface area is 142 Å². The number of piperazine rings is 1. The van der Waals surface area contributed by atoms with Crippen LogP contribution in [0.4, 0.5) is 17.3 Å². The van der Waals surface area contributed by atoms with E-state index < -0.39 is 0 Å². The number of aromatic nitrogens is 2. The highest BCUT2D eigenvalue weighted by atomic mass is 16.1. The van der Waals surface area contributed by atoms with Gasteiger partial charge in [0.25, 0.3) is 0 Å². The van der Waals surface area contributed by atoms with Crippen LogP contribution in [0.15, 0.2) is 24.3 Å². The van der Waals surface area contributed by atoms with Crippen molar-refractivity contribution in [2.45, 2.75) is 20.8 Å². The van der Waals surface area contributed by atoms with Crippen LogP contribution in [0.3, 0.4) is 0 Å². The van der Waals surface area contributed by atoms with Crippen molar-refractivity contribution >= 4 is 23.7 Å². The molecular formula is C18H23N5O. The molecule has 1 aromatic heterocycles. The van der Waals surface area contributed by atoms with E-state index in [1.165, 1.54) is 11.1 Å². The minimum absolute atomic E-state index is 0.728. The van der Waals surface area contributed by atoms with Gasteiger partial charge in [-0.05, 0) is 38.0 Å². The molecule has 1 aromatic carbocycles. The van der Waals surface area contributed by atoms with Gasteiger partial charge >= 0.3 is 0 Å². The van der Waals surface area contributed by atoms with E-state index in [0.29, 0.717) is 0 Å². The van der Waals surface area contributed by atoms with Crippen molar-refractivity contribution in [3.05, 3.63) is 41.2 Å². The molecule has 1 saturated heterocycles. The third kappa shape index (κ3) is 3.48. The van der Waals surface area contributed by atoms with Gasteiger partial charge in [0.2, 0.25) is 6.41 Å². The lowest BCUT2D eigenvalue weighted by Crippen LogP contribution is -2.46. The molecule has 0 atom stereocenters. The van der Waals surface area contributed by atoms with E-state index in [2.05, 4.69) is 46.2 Å². The molecular weight excluding hydrogens is 302 g/mol. The smallest absolute Gasteiger partial charge is 0.209 e. The number of rotatable bonds is 4. The molecule has 0 spiro atoms. The third-order valence-corrected chi connectivity index (χ3v) is 4.48. The van der Waals surface area contributed by atoms with Gasteiger partial charge in [-0.1, -0.05) is 12.1 Å². The molecule has 126 valence electrons. The maximum Gasteiger partial charge on any atom is 0.209 e. The molecule has 24 heavy (non-hydrogen) atoms. The number of hydrogen-bond donors (Lipinski definition) is 1. The fraction of sp³-hybridized carbons (Fsp3) is 0.389. The second kappa shape index (κ2) is 6.86. The zero-order valence-electron chi connectivity index (χ0n) is 14.4. The molecule has 0 aliphatic carbocycles. The van der Waals surface area contributed by atoms with E-state index in [-0.39, 0.29) is 0 Å². The number of benzene rings is 1. The van der Waals surface area contributed by atoms with Crippen LogP contribution in [0.2, 0.25) is 0 Å². The summed E-state index contributed by atoms with van der Waals surface area (Å²) >= 11 is 0. The number of anilines is 3. The Morgan fingerprint density at radius 3 is 2.54 bits per heavy atom. The van der Waals surface area contributed by atoms with Gasteiger partial charge in [0.05, 0.1) is 0 Å². The van der Waals surface area contributed by atoms with Crippen molar-refractivity contribution in [2.24, 2.45) is 0 Å². The van der Waals surface area contributed by atoms with Gasteiger partial charge in [-0.2, -0.15) is 0 Å². The Morgan fingerprint density at radius 1 is 1.08 bits per heavy atom. The standard InChI is InChI=1S/C18H23N5O/c1-13-5-4-6-16(14(13)2)21-17-11-18(20-15(3)19-17)23-9-7-22(12-24)8-10-23/h4-6,11-12H,7-10H2,1-3H3,(H,19,20,21). The topological polar surface area (TPSA) is 61.4 Å². The molecule has 0 saturated carbocycles. The van der Waals surface area contributed by atoms with Crippen molar-refractivity contribution in [2.75, 3.05) is 36.4 Å². The number of hydrogen-bond acceptors (Lipinski definition) is 5. The Bertz CT molecular complexity index is 738. The maximum absolute atomic E-state index is 10.8. The van der Waals surface area contributed by atoms with Crippen molar-refractivity contribution in [1.82, 2.24) is 14.9 Å². The van der Waals surface area contributed by atoms with Gasteiger partial charge in [0.15, 0.2) is 0 Å². The van der Waals surface area contributed by atoms with Gasteiger partial charge < -0.3 is 15.1 Å². The lowest BCUT2D eigenvalue weighted by Gasteiger charge is -2.33. The summed E-state index contributed by atoms with van der Waals surface area (Å²) in [7, 11) is 0. The minimum Gasteiger partial charge on any atom is -0.353 e. The fourth-order valence-electron chi connectivity index (χ4n) is 2.86. The van der Waals surface area contributed by atoms with Crippen molar-refractivity contribution < 1.29 is 4.79 Å². The second-order valence-electron chi connectivity index (χ2n) is 6.16. The summed E-state index contributed by atoms with van der Waals surface area (Å²) in [6, 6.07) is 8.18. The summed E-state index contributed by atoms with van der Waals surface area (Å²) in [5.41, 5.74) is 3.52. The summed E-state index contributed by atoms with van der Waals surface area (Å²) in [5, 5.41) is 3.41. The summed E-state index contributed by atoms with van der Waals surface area (Å²) in [5.74, 6) is 2.43. The number of carbonyl (C=O) groups is 1. The van der Waals surface area contributed by atoms with Crippen LogP contribution in [0, 0.1) is 20.8 Å². The van der Waals surface area contributed by atoms with Gasteiger partial charge in [0.1, 0.15) is 17.5 Å². The Morgan fingerprint density at radius 2 is 1.83 bits per heavy atom. The number of amides is 1. The molecule has 0 unspecified atom stereocenters. The number of carbonyl (C=O) groups excluding carboxylic acids is 1. The molecule has 1 amide bonds. The van der Waals surface area contributed by atoms with Crippen LogP contribution in [0.1, 0.15) is 17.0 Å². The predicted octanol–water partition coefficient (Wildman–Crippen LogP) is 2.42. The molecule has 2 aromatic rings. The van der Waals surface area contributed by atoms with Gasteiger partial charge in [-0.15, -0.1) is 0 Å². The van der Waals surface area contributed by atoms with E-state index >= 15 is 0 Å². The molecule has 0 bridgehead atoms. The molecule has 6 nitrogen and oxygen atoms in total. The first-order valence-corrected chi connectivity index (χ1v) is 8.20. The summed E-state index contributed by atoms with van der Waals surface area (Å²) in [4.78, 5) is 23.9. The SMILES string of the molecule is Cc1nc(Nc2cccc(C)c2C)cc(N2CCN(C=O)CC2)n1. The molecule has 2 heterocycles. The largest absolute Gasteiger partial charge is 0.353 e. The first kappa shape index (κ1) is 16.2. The summed E-state index contributed by atoms with van der Waals surface area (Å²) in [6.07, 6.45) is 0.913. The lowest BCUT2D eigenvalue weighted by molar-refractivity contribution is -0.118. The van der Waals surface area contributed by atoms with E-state index in [0.717, 1.165) is 55.7 Å². The number of nitrogens with zero attached hydrogens (tertiary/aromatic N) is 4. The van der Waals surface area contributed by atoms with Crippen LogP contribution < -0.4 is 10.2 Å². The average molecular weight is 325 g/mol. The van der Waals surface area contributed by atoms with Crippen molar-refractivity contribution in [3.8, 4) is 0 Å². The quantitative estimate of drug-likeness (QED) is 0.875. The van der Waals surface area contributed by atoms with Crippen molar-refractivity contribution in [3.63, 3.8) is 0 Å². The summed E-state index contributed by atoms with van der Waals surface area (Å²) in [6.45, 7) is 9.14. The highest BCUT2D eigenvalue weighted by molar-refractivity contribution is 5.64. The average Bonchev–Trinajstić information content (AvgIpc) is 2.58. The monoisotopic (exact) mass is 325 g/mol. The van der Waals surface area contributed by atoms with E-state index in [1.807, 2.05) is 19.1 Å². The zero-order chi connectivity index (χ0) is 17.1. The van der Waals surface area contributed by atoms with Crippen molar-refractivity contribution in [1.29, 1.82) is 0 Å². The van der Waals surface area contributed by atoms with E-state index in [1.54, 1.807) is 4.90 Å². The maximum atomic E-state index is 10.8. The molecule has 1 aliphatic heterocycles. The summed E-state index contributed by atoms with van der Waals surface area (Å²) < 4.78 is 0. The normalized spacial score (nSPS) is 14.6. The van der Waals surface area contributed by atoms with Crippen LogP contribution in [-0.2, 0) is 4.79 Å². The predicted molar refractivity (Wildman–Crippen MR) is 95.8 cm³/mol. The molecule has 6 heteroatoms. The van der Waals surface area contributed by atoms with Crippen LogP contribution in [-0.4, -0.2) is 47.5 Å². The first-order chi connectivity index (χ1) is 11.6. The highest BCUT2D eigenvalue weighted by Gasteiger charge is 2.18. The molecule has 1 aliphatic rings. The van der Waals surface area contributed by atoms with Gasteiger partial charge in [0, 0.05) is 37.9 Å². The van der Waals surface area contributed by atoms with Crippen LogP contribution in [0.25, 0.3) is 0 Å². The third-order valence-electron chi connectivity index (χ3n) is 4.48. The minimum atomic E-state index is 0.728. The molecule has 1 N–H and O–H groups in total. The number of aryl methyl sites for hydroxylation is 2. The Kier molecular flexibility index (Phi) is 4.64. The molecule has 3 rings (SSSR count). The Balaban J connectivity index is 1.81. The first-order valence-electron chi connectivity index (χ1n) is 8.20. The van der Waals surface area contributed by atoms with Gasteiger partial charge in [-0.3, -0.25) is 4.79 Å². The van der Waals surface area contributed by atoms with E-state index in [9.17, 15) is 4.79 Å². The lowest BCUT2D eigenvalue weighted by atomic mass is 10.1.